The zero-order chi connectivity index (χ0) is 15.5. The third-order valence-corrected chi connectivity index (χ3v) is 3.55. The van der Waals surface area contributed by atoms with Gasteiger partial charge >= 0.3 is 0 Å². The monoisotopic (exact) mass is 285 g/mol. The van der Waals surface area contributed by atoms with Gasteiger partial charge in [0.05, 0.1) is 0 Å². The van der Waals surface area contributed by atoms with Crippen LogP contribution in [0.2, 0.25) is 0 Å². The molecular formula is C18H20FNO. The molecular weight excluding hydrogens is 265 g/mol. The largest absolute Gasteiger partial charge is 0.374 e. The Labute approximate surface area is 125 Å². The first-order chi connectivity index (χ1) is 9.90. The molecule has 0 aliphatic rings. The van der Waals surface area contributed by atoms with Crippen LogP contribution in [0.5, 0.6) is 0 Å². The molecule has 110 valence electrons. The second kappa shape index (κ2) is 6.08. The number of hydrogen-bond donors (Lipinski definition) is 0. The fraction of sp³-hybridized carbons (Fsp3) is 0.278. The van der Waals surface area contributed by atoms with E-state index < -0.39 is 5.41 Å². The Morgan fingerprint density at radius 2 is 1.62 bits per heavy atom. The quantitative estimate of drug-likeness (QED) is 0.768. The minimum Gasteiger partial charge on any atom is -0.374 e. The summed E-state index contributed by atoms with van der Waals surface area (Å²) >= 11 is 0. The van der Waals surface area contributed by atoms with Gasteiger partial charge in [0.25, 0.3) is 0 Å². The molecule has 0 amide bonds. The summed E-state index contributed by atoms with van der Waals surface area (Å²) in [5.74, 6) is -0.149. The number of Topliss-reactive ketones (excluding diaryl/α,β-unsaturated/α-hetero) is 1. The Kier molecular flexibility index (Phi) is 4.41. The number of benzene rings is 2. The Morgan fingerprint density at radius 3 is 2.19 bits per heavy atom. The Morgan fingerprint density at radius 1 is 1.05 bits per heavy atom. The lowest BCUT2D eigenvalue weighted by Gasteiger charge is -2.30. The third-order valence-electron chi connectivity index (χ3n) is 3.55. The van der Waals surface area contributed by atoms with Crippen molar-refractivity contribution in [2.75, 3.05) is 18.5 Å². The van der Waals surface area contributed by atoms with Crippen LogP contribution in [0.1, 0.15) is 24.2 Å². The average Bonchev–Trinajstić information content (AvgIpc) is 2.47. The van der Waals surface area contributed by atoms with E-state index >= 15 is 0 Å². The number of ketones is 1. The van der Waals surface area contributed by atoms with Gasteiger partial charge in [0.2, 0.25) is 0 Å². The van der Waals surface area contributed by atoms with E-state index in [1.165, 1.54) is 12.1 Å². The molecule has 0 atom stereocenters. The number of carbonyl (C=O) groups excluding carboxylic acids is 1. The van der Waals surface area contributed by atoms with Crippen LogP contribution in [0.3, 0.4) is 0 Å². The van der Waals surface area contributed by atoms with Gasteiger partial charge in [0.15, 0.2) is 5.78 Å². The van der Waals surface area contributed by atoms with Gasteiger partial charge in [-0.3, -0.25) is 4.79 Å². The van der Waals surface area contributed by atoms with Gasteiger partial charge in [-0.2, -0.15) is 0 Å². The summed E-state index contributed by atoms with van der Waals surface area (Å²) in [6.07, 6.45) is 0. The SMILES string of the molecule is CN(CC(C)(C)C(=O)c1ccccc1)c1ccc(F)cc1. The molecule has 0 radical (unpaired) electrons. The second-order valence-electron chi connectivity index (χ2n) is 5.91. The Bertz CT molecular complexity index is 605. The molecule has 0 aromatic heterocycles. The summed E-state index contributed by atoms with van der Waals surface area (Å²) in [7, 11) is 1.91. The van der Waals surface area contributed by atoms with Gasteiger partial charge < -0.3 is 4.90 Å². The summed E-state index contributed by atoms with van der Waals surface area (Å²) in [6.45, 7) is 4.43. The van der Waals surface area contributed by atoms with E-state index in [2.05, 4.69) is 0 Å². The minimum absolute atomic E-state index is 0.108. The van der Waals surface area contributed by atoms with Crippen molar-refractivity contribution in [3.05, 3.63) is 66.0 Å². The van der Waals surface area contributed by atoms with Crippen molar-refractivity contribution in [1.29, 1.82) is 0 Å². The number of carbonyl (C=O) groups is 1. The van der Waals surface area contributed by atoms with Gasteiger partial charge in [-0.15, -0.1) is 0 Å². The van der Waals surface area contributed by atoms with Crippen molar-refractivity contribution in [3.63, 3.8) is 0 Å². The minimum atomic E-state index is -0.523. The van der Waals surface area contributed by atoms with Crippen LogP contribution in [0.4, 0.5) is 10.1 Å². The van der Waals surface area contributed by atoms with Gasteiger partial charge in [-0.05, 0) is 24.3 Å². The van der Waals surface area contributed by atoms with Crippen LogP contribution in [0, 0.1) is 11.2 Å². The summed E-state index contributed by atoms with van der Waals surface area (Å²) < 4.78 is 13.0. The van der Waals surface area contributed by atoms with Crippen LogP contribution in [0.15, 0.2) is 54.6 Å². The highest BCUT2D eigenvalue weighted by Crippen LogP contribution is 2.25. The highest BCUT2D eigenvalue weighted by molar-refractivity contribution is 6.00. The van der Waals surface area contributed by atoms with Gasteiger partial charge in [0, 0.05) is 30.3 Å². The number of rotatable bonds is 5. The molecule has 0 bridgehead atoms. The fourth-order valence-electron chi connectivity index (χ4n) is 2.43. The molecule has 2 nitrogen and oxygen atoms in total. The average molecular weight is 285 g/mol. The molecule has 0 saturated heterocycles. The maximum Gasteiger partial charge on any atom is 0.170 e. The molecule has 0 heterocycles. The Balaban J connectivity index is 2.13. The van der Waals surface area contributed by atoms with Crippen LogP contribution in [0.25, 0.3) is 0 Å². The molecule has 0 aliphatic heterocycles. The molecule has 2 aromatic carbocycles. The smallest absolute Gasteiger partial charge is 0.170 e. The van der Waals surface area contributed by atoms with Gasteiger partial charge in [-0.1, -0.05) is 44.2 Å². The standard InChI is InChI=1S/C18H20FNO/c1-18(2,17(21)14-7-5-4-6-8-14)13-20(3)16-11-9-15(19)10-12-16/h4-12H,13H2,1-3H3. The van der Waals surface area contributed by atoms with E-state index in [0.29, 0.717) is 6.54 Å². The number of anilines is 1. The lowest BCUT2D eigenvalue weighted by molar-refractivity contribution is 0.0846. The van der Waals surface area contributed by atoms with E-state index in [4.69, 9.17) is 0 Å². The lowest BCUT2D eigenvalue weighted by Crippen LogP contribution is -2.37. The topological polar surface area (TPSA) is 20.3 Å². The molecule has 0 spiro atoms. The number of nitrogens with zero attached hydrogens (tertiary/aromatic N) is 1. The molecule has 2 aromatic rings. The number of hydrogen-bond acceptors (Lipinski definition) is 2. The van der Waals surface area contributed by atoms with Crippen molar-refractivity contribution >= 4 is 11.5 Å². The zero-order valence-corrected chi connectivity index (χ0v) is 12.6. The van der Waals surface area contributed by atoms with Crippen LogP contribution in [-0.2, 0) is 0 Å². The van der Waals surface area contributed by atoms with Crippen molar-refractivity contribution in [2.45, 2.75) is 13.8 Å². The van der Waals surface area contributed by atoms with Crippen LogP contribution < -0.4 is 4.90 Å². The predicted molar refractivity (Wildman–Crippen MR) is 84.2 cm³/mol. The highest BCUT2D eigenvalue weighted by Gasteiger charge is 2.30. The molecule has 0 saturated carbocycles. The van der Waals surface area contributed by atoms with Gasteiger partial charge in [-0.25, -0.2) is 4.39 Å². The van der Waals surface area contributed by atoms with Crippen molar-refractivity contribution in [2.24, 2.45) is 5.41 Å². The first kappa shape index (κ1) is 15.2. The normalized spacial score (nSPS) is 11.2. The highest BCUT2D eigenvalue weighted by atomic mass is 19.1. The number of halogens is 1. The van der Waals surface area contributed by atoms with Crippen molar-refractivity contribution in [1.82, 2.24) is 0 Å². The third kappa shape index (κ3) is 3.69. The summed E-state index contributed by atoms with van der Waals surface area (Å²) in [5, 5.41) is 0. The van der Waals surface area contributed by atoms with E-state index in [1.807, 2.05) is 56.1 Å². The first-order valence-electron chi connectivity index (χ1n) is 6.97. The van der Waals surface area contributed by atoms with E-state index in [1.54, 1.807) is 12.1 Å². The summed E-state index contributed by atoms with van der Waals surface area (Å²) in [6, 6.07) is 15.6. The molecule has 21 heavy (non-hydrogen) atoms. The lowest BCUT2D eigenvalue weighted by atomic mass is 9.83. The second-order valence-corrected chi connectivity index (χ2v) is 5.91. The maximum absolute atomic E-state index is 13.0. The predicted octanol–water partition coefficient (Wildman–Crippen LogP) is 4.17. The van der Waals surface area contributed by atoms with E-state index in [-0.39, 0.29) is 11.6 Å². The van der Waals surface area contributed by atoms with Crippen molar-refractivity contribution < 1.29 is 9.18 Å². The molecule has 0 fully saturated rings. The van der Waals surface area contributed by atoms with Crippen LogP contribution >= 0.6 is 0 Å². The van der Waals surface area contributed by atoms with Gasteiger partial charge in [0.1, 0.15) is 5.82 Å². The first-order valence-corrected chi connectivity index (χ1v) is 6.97. The summed E-state index contributed by atoms with van der Waals surface area (Å²) in [4.78, 5) is 14.6. The zero-order valence-electron chi connectivity index (χ0n) is 12.6. The van der Waals surface area contributed by atoms with E-state index in [0.717, 1.165) is 11.3 Å². The van der Waals surface area contributed by atoms with Crippen LogP contribution in [-0.4, -0.2) is 19.4 Å². The molecule has 0 unspecified atom stereocenters. The summed E-state index contributed by atoms with van der Waals surface area (Å²) in [5.41, 5.74) is 1.09. The van der Waals surface area contributed by atoms with E-state index in [9.17, 15) is 9.18 Å². The molecule has 0 N–H and O–H groups in total. The Hall–Kier alpha value is -2.16. The fourth-order valence-corrected chi connectivity index (χ4v) is 2.43. The molecule has 0 aliphatic carbocycles. The van der Waals surface area contributed by atoms with Crippen molar-refractivity contribution in [3.8, 4) is 0 Å². The maximum atomic E-state index is 13.0. The molecule has 3 heteroatoms. The molecule has 2 rings (SSSR count).